The number of hydrogen-bond donors (Lipinski definition) is 2. The third-order valence-corrected chi connectivity index (χ3v) is 2.99. The second-order valence-electron chi connectivity index (χ2n) is 2.48. The molecule has 0 bridgehead atoms. The molecule has 1 rings (SSSR count). The molecule has 1 aromatic rings. The maximum absolute atomic E-state index is 5.24. The van der Waals surface area contributed by atoms with E-state index in [1.807, 2.05) is 18.2 Å². The van der Waals surface area contributed by atoms with Crippen LogP contribution in [-0.2, 0) is 6.54 Å². The summed E-state index contributed by atoms with van der Waals surface area (Å²) >= 11 is 5.64. The van der Waals surface area contributed by atoms with Gasteiger partial charge in [-0.1, -0.05) is 15.9 Å². The Morgan fingerprint density at radius 1 is 1.43 bits per heavy atom. The summed E-state index contributed by atoms with van der Waals surface area (Å²) in [5.41, 5.74) is 11.6. The maximum Gasteiger partial charge on any atom is 0.186 e. The molecule has 0 aliphatic heterocycles. The quantitative estimate of drug-likeness (QED) is 0.462. The third kappa shape index (κ3) is 4.47. The number of hydrogen-bond acceptors (Lipinski definition) is 1. The number of rotatable bonds is 2. The Hall–Kier alpha value is -0.0100. The fraction of sp³-hybridized carbons (Fsp3) is 0.125. The Bertz CT molecular complexity index is 339. The molecule has 0 spiro atoms. The Labute approximate surface area is 111 Å². The van der Waals surface area contributed by atoms with Crippen LogP contribution in [-0.4, -0.2) is 5.96 Å². The van der Waals surface area contributed by atoms with Gasteiger partial charge in [0.25, 0.3) is 0 Å². The van der Waals surface area contributed by atoms with Crippen LogP contribution in [0.25, 0.3) is 0 Å². The summed E-state index contributed by atoms with van der Waals surface area (Å²) < 4.78 is 2.19. The first-order valence-corrected chi connectivity index (χ1v) is 5.46. The minimum Gasteiger partial charge on any atom is -0.370 e. The first-order chi connectivity index (χ1) is 6.09. The van der Waals surface area contributed by atoms with Crippen LogP contribution in [0.3, 0.4) is 0 Å². The summed E-state index contributed by atoms with van der Waals surface area (Å²) in [5, 5.41) is 0. The van der Waals surface area contributed by atoms with Crippen LogP contribution in [0, 0.1) is 3.57 Å². The molecule has 0 fully saturated rings. The van der Waals surface area contributed by atoms with Crippen LogP contribution in [0.2, 0.25) is 0 Å². The van der Waals surface area contributed by atoms with E-state index in [0.29, 0.717) is 6.54 Å². The van der Waals surface area contributed by atoms with Gasteiger partial charge in [0.15, 0.2) is 5.96 Å². The number of benzene rings is 1. The van der Waals surface area contributed by atoms with Crippen molar-refractivity contribution in [2.75, 3.05) is 0 Å². The summed E-state index contributed by atoms with van der Waals surface area (Å²) in [6, 6.07) is 6.01. The Morgan fingerprint density at radius 3 is 2.64 bits per heavy atom. The first-order valence-electron chi connectivity index (χ1n) is 3.59. The van der Waals surface area contributed by atoms with Gasteiger partial charge in [0.1, 0.15) is 0 Å². The lowest BCUT2D eigenvalue weighted by molar-refractivity contribution is 1.04. The molecule has 3 nitrogen and oxygen atoms in total. The highest BCUT2D eigenvalue weighted by atomic mass is 127. The molecular weight excluding hydrogens is 380 g/mol. The van der Waals surface area contributed by atoms with Crippen molar-refractivity contribution in [2.24, 2.45) is 16.5 Å². The van der Waals surface area contributed by atoms with Gasteiger partial charge < -0.3 is 11.5 Å². The fourth-order valence-electron chi connectivity index (χ4n) is 0.841. The molecular formula is C8H10BrClIN3. The van der Waals surface area contributed by atoms with Gasteiger partial charge in [-0.3, -0.25) is 0 Å². The zero-order valence-electron chi connectivity index (χ0n) is 7.21. The highest BCUT2D eigenvalue weighted by Crippen LogP contribution is 2.18. The van der Waals surface area contributed by atoms with E-state index in [-0.39, 0.29) is 18.4 Å². The Kier molecular flexibility index (Phi) is 6.46. The number of halogens is 3. The topological polar surface area (TPSA) is 64.4 Å². The number of aliphatic imine (C=N–C) groups is 1. The molecule has 1 aromatic carbocycles. The van der Waals surface area contributed by atoms with Crippen molar-refractivity contribution in [2.45, 2.75) is 6.54 Å². The first kappa shape index (κ1) is 14.0. The van der Waals surface area contributed by atoms with Gasteiger partial charge in [-0.2, -0.15) is 0 Å². The molecule has 0 aromatic heterocycles. The van der Waals surface area contributed by atoms with Gasteiger partial charge >= 0.3 is 0 Å². The fourth-order valence-corrected chi connectivity index (χ4v) is 1.76. The third-order valence-electron chi connectivity index (χ3n) is 1.44. The molecule has 78 valence electrons. The van der Waals surface area contributed by atoms with Gasteiger partial charge in [-0.25, -0.2) is 4.99 Å². The zero-order valence-corrected chi connectivity index (χ0v) is 11.8. The van der Waals surface area contributed by atoms with Crippen molar-refractivity contribution in [3.8, 4) is 0 Å². The monoisotopic (exact) mass is 389 g/mol. The minimum absolute atomic E-state index is 0. The van der Waals surface area contributed by atoms with Crippen molar-refractivity contribution >= 4 is 56.9 Å². The molecule has 0 saturated heterocycles. The van der Waals surface area contributed by atoms with Crippen LogP contribution < -0.4 is 11.5 Å². The van der Waals surface area contributed by atoms with E-state index in [4.69, 9.17) is 11.5 Å². The van der Waals surface area contributed by atoms with Gasteiger partial charge in [-0.15, -0.1) is 12.4 Å². The molecule has 0 aliphatic carbocycles. The van der Waals surface area contributed by atoms with Crippen molar-refractivity contribution in [1.29, 1.82) is 0 Å². The average Bonchev–Trinajstić information content (AvgIpc) is 2.06. The van der Waals surface area contributed by atoms with E-state index in [1.54, 1.807) is 0 Å². The molecule has 4 N–H and O–H groups in total. The van der Waals surface area contributed by atoms with Gasteiger partial charge in [0.2, 0.25) is 0 Å². The summed E-state index contributed by atoms with van der Waals surface area (Å²) in [7, 11) is 0. The smallest absolute Gasteiger partial charge is 0.186 e. The van der Waals surface area contributed by atoms with E-state index in [1.165, 1.54) is 0 Å². The van der Waals surface area contributed by atoms with Crippen LogP contribution in [0.1, 0.15) is 5.56 Å². The highest BCUT2D eigenvalue weighted by Gasteiger charge is 1.99. The summed E-state index contributed by atoms with van der Waals surface area (Å²) in [5.74, 6) is 0.121. The Balaban J connectivity index is 0.00000169. The predicted octanol–water partition coefficient (Wildman–Crippen LogP) is 2.25. The number of nitrogens with two attached hydrogens (primary N) is 2. The van der Waals surface area contributed by atoms with E-state index in [0.717, 1.165) is 13.6 Å². The normalized spacial score (nSPS) is 9.00. The summed E-state index contributed by atoms with van der Waals surface area (Å²) in [4.78, 5) is 3.94. The van der Waals surface area contributed by atoms with Crippen molar-refractivity contribution < 1.29 is 0 Å². The molecule has 14 heavy (non-hydrogen) atoms. The van der Waals surface area contributed by atoms with Crippen molar-refractivity contribution in [3.63, 3.8) is 0 Å². The van der Waals surface area contributed by atoms with Crippen molar-refractivity contribution in [3.05, 3.63) is 31.8 Å². The highest BCUT2D eigenvalue weighted by molar-refractivity contribution is 14.1. The predicted molar refractivity (Wildman–Crippen MR) is 73.6 cm³/mol. The maximum atomic E-state index is 5.24. The number of nitrogens with zero attached hydrogens (tertiary/aromatic N) is 1. The molecule has 6 heteroatoms. The minimum atomic E-state index is 0. The lowest BCUT2D eigenvalue weighted by Gasteiger charge is -2.01. The van der Waals surface area contributed by atoms with E-state index >= 15 is 0 Å². The molecule has 0 heterocycles. The van der Waals surface area contributed by atoms with E-state index in [2.05, 4.69) is 43.5 Å². The van der Waals surface area contributed by atoms with Crippen LogP contribution >= 0.6 is 50.9 Å². The number of guanidine groups is 1. The SMILES string of the molecule is Cl.NC(N)=NCc1cc(Br)ccc1I. The second kappa shape index (κ2) is 6.47. The lowest BCUT2D eigenvalue weighted by atomic mass is 10.2. The summed E-state index contributed by atoms with van der Waals surface area (Å²) in [6.45, 7) is 0.528. The lowest BCUT2D eigenvalue weighted by Crippen LogP contribution is -2.22. The molecule has 0 unspecified atom stereocenters. The largest absolute Gasteiger partial charge is 0.370 e. The Morgan fingerprint density at radius 2 is 2.07 bits per heavy atom. The van der Waals surface area contributed by atoms with E-state index < -0.39 is 0 Å². The average molecular weight is 390 g/mol. The van der Waals surface area contributed by atoms with E-state index in [9.17, 15) is 0 Å². The van der Waals surface area contributed by atoms with Gasteiger partial charge in [0, 0.05) is 8.04 Å². The summed E-state index contributed by atoms with van der Waals surface area (Å²) in [6.07, 6.45) is 0. The zero-order chi connectivity index (χ0) is 9.84. The van der Waals surface area contributed by atoms with Gasteiger partial charge in [0.05, 0.1) is 6.54 Å². The molecule has 0 aliphatic rings. The second-order valence-corrected chi connectivity index (χ2v) is 4.55. The van der Waals surface area contributed by atoms with Crippen molar-refractivity contribution in [1.82, 2.24) is 0 Å². The van der Waals surface area contributed by atoms with Crippen LogP contribution in [0.5, 0.6) is 0 Å². The molecule has 0 amide bonds. The van der Waals surface area contributed by atoms with Crippen LogP contribution in [0.4, 0.5) is 0 Å². The standard InChI is InChI=1S/C8H9BrIN3.ClH/c9-6-1-2-7(10)5(3-6)4-13-8(11)12;/h1-3H,4H2,(H4,11,12,13);1H. The molecule has 0 saturated carbocycles. The molecule has 0 atom stereocenters. The van der Waals surface area contributed by atoms with Crippen LogP contribution in [0.15, 0.2) is 27.7 Å². The molecule has 0 radical (unpaired) electrons. The van der Waals surface area contributed by atoms with Gasteiger partial charge in [-0.05, 0) is 46.4 Å².